The van der Waals surface area contributed by atoms with Gasteiger partial charge >= 0.3 is 0 Å². The maximum atomic E-state index is 13.2. The van der Waals surface area contributed by atoms with Crippen LogP contribution in [0.1, 0.15) is 27.2 Å². The van der Waals surface area contributed by atoms with Gasteiger partial charge in [-0.1, -0.05) is 0 Å². The van der Waals surface area contributed by atoms with Crippen LogP contribution in [0.3, 0.4) is 0 Å². The lowest BCUT2D eigenvalue weighted by atomic mass is 9.88. The molecule has 124 valence electrons. The minimum atomic E-state index is -0.257. The monoisotopic (exact) mass is 333 g/mol. The third-order valence-electron chi connectivity index (χ3n) is 5.11. The van der Waals surface area contributed by atoms with Crippen LogP contribution in [0.4, 0.5) is 4.39 Å². The van der Waals surface area contributed by atoms with Crippen molar-refractivity contribution < 1.29 is 9.18 Å². The quantitative estimate of drug-likeness (QED) is 0.718. The summed E-state index contributed by atoms with van der Waals surface area (Å²) >= 11 is 0. The fraction of sp³-hybridized carbons (Fsp3) is 0.200. The van der Waals surface area contributed by atoms with E-state index in [0.29, 0.717) is 6.54 Å². The molecule has 3 aromatic rings. The number of hydrogen-bond donors (Lipinski definition) is 2. The third-order valence-corrected chi connectivity index (χ3v) is 5.11. The van der Waals surface area contributed by atoms with E-state index in [2.05, 4.69) is 15.3 Å². The first kappa shape index (κ1) is 14.4. The van der Waals surface area contributed by atoms with E-state index in [0.717, 1.165) is 58.6 Å². The molecule has 0 spiro atoms. The first-order chi connectivity index (χ1) is 12.2. The number of amides is 1. The molecule has 0 atom stereocenters. The maximum absolute atomic E-state index is 13.2. The molecule has 3 heterocycles. The fourth-order valence-electron chi connectivity index (χ4n) is 3.88. The van der Waals surface area contributed by atoms with Crippen LogP contribution in [0.15, 0.2) is 36.5 Å². The predicted molar refractivity (Wildman–Crippen MR) is 92.9 cm³/mol. The lowest BCUT2D eigenvalue weighted by molar-refractivity contribution is 0.0945. The van der Waals surface area contributed by atoms with Crippen molar-refractivity contribution in [1.29, 1.82) is 0 Å². The molecule has 0 radical (unpaired) electrons. The molecule has 2 aromatic heterocycles. The van der Waals surface area contributed by atoms with E-state index < -0.39 is 0 Å². The molecule has 2 aliphatic rings. The number of carbonyl (C=O) groups excluding carboxylic acids is 1. The van der Waals surface area contributed by atoms with E-state index in [1.165, 1.54) is 17.7 Å². The SMILES string of the molecule is O=C1NCCc2[nH]c3c(c21)CCc1cnc(-c2ccc(F)cc2)cc1-3. The number of benzene rings is 1. The Bertz CT molecular complexity index is 1000. The molecule has 1 aromatic carbocycles. The van der Waals surface area contributed by atoms with Crippen molar-refractivity contribution >= 4 is 5.91 Å². The second-order valence-electron chi connectivity index (χ2n) is 6.57. The van der Waals surface area contributed by atoms with Gasteiger partial charge in [0.15, 0.2) is 0 Å². The van der Waals surface area contributed by atoms with Crippen LogP contribution in [0.5, 0.6) is 0 Å². The first-order valence-corrected chi connectivity index (χ1v) is 8.48. The summed E-state index contributed by atoms with van der Waals surface area (Å²) in [5, 5.41) is 2.93. The van der Waals surface area contributed by atoms with Gasteiger partial charge in [-0.2, -0.15) is 0 Å². The van der Waals surface area contributed by atoms with Gasteiger partial charge in [0.2, 0.25) is 0 Å². The molecule has 0 fully saturated rings. The topological polar surface area (TPSA) is 57.8 Å². The number of pyridine rings is 1. The summed E-state index contributed by atoms with van der Waals surface area (Å²) in [6, 6.07) is 8.40. The number of nitrogens with one attached hydrogen (secondary N) is 2. The van der Waals surface area contributed by atoms with Gasteiger partial charge < -0.3 is 10.3 Å². The fourth-order valence-corrected chi connectivity index (χ4v) is 3.88. The summed E-state index contributed by atoms with van der Waals surface area (Å²) in [6.07, 6.45) is 4.45. The molecule has 25 heavy (non-hydrogen) atoms. The Morgan fingerprint density at radius 3 is 2.76 bits per heavy atom. The van der Waals surface area contributed by atoms with Gasteiger partial charge in [0.05, 0.1) is 17.0 Å². The van der Waals surface area contributed by atoms with Crippen molar-refractivity contribution in [2.75, 3.05) is 6.54 Å². The zero-order valence-electron chi connectivity index (χ0n) is 13.5. The van der Waals surface area contributed by atoms with Gasteiger partial charge in [-0.15, -0.1) is 0 Å². The number of aromatic amines is 1. The van der Waals surface area contributed by atoms with Crippen LogP contribution >= 0.6 is 0 Å². The van der Waals surface area contributed by atoms with Gasteiger partial charge in [0, 0.05) is 36.0 Å². The van der Waals surface area contributed by atoms with Crippen molar-refractivity contribution in [1.82, 2.24) is 15.3 Å². The number of H-pyrrole nitrogens is 1. The number of carbonyl (C=O) groups is 1. The number of nitrogens with zero attached hydrogens (tertiary/aromatic N) is 1. The molecule has 5 rings (SSSR count). The van der Waals surface area contributed by atoms with Crippen molar-refractivity contribution in [2.24, 2.45) is 0 Å². The zero-order valence-corrected chi connectivity index (χ0v) is 13.5. The van der Waals surface area contributed by atoms with Crippen molar-refractivity contribution in [3.05, 3.63) is 64.7 Å². The van der Waals surface area contributed by atoms with Gasteiger partial charge in [-0.3, -0.25) is 9.78 Å². The normalized spacial score (nSPS) is 15.2. The zero-order chi connectivity index (χ0) is 17.0. The lowest BCUT2D eigenvalue weighted by Crippen LogP contribution is -2.32. The second-order valence-corrected chi connectivity index (χ2v) is 6.57. The number of aryl methyl sites for hydroxylation is 1. The molecular weight excluding hydrogens is 317 g/mol. The molecule has 0 saturated heterocycles. The van der Waals surface area contributed by atoms with Gasteiger partial charge in [-0.25, -0.2) is 4.39 Å². The molecule has 4 nitrogen and oxygen atoms in total. The lowest BCUT2D eigenvalue weighted by Gasteiger charge is -2.18. The molecule has 2 N–H and O–H groups in total. The average molecular weight is 333 g/mol. The van der Waals surface area contributed by atoms with Crippen LogP contribution in [0.25, 0.3) is 22.5 Å². The van der Waals surface area contributed by atoms with E-state index in [-0.39, 0.29) is 11.7 Å². The van der Waals surface area contributed by atoms with Crippen LogP contribution in [0, 0.1) is 5.82 Å². The molecule has 1 amide bonds. The Kier molecular flexibility index (Phi) is 3.04. The highest BCUT2D eigenvalue weighted by atomic mass is 19.1. The standard InChI is InChI=1S/C20H16FN3O/c21-13-4-1-11(2-5-13)17-9-15-12(10-23-17)3-6-14-18-16(24-19(14)15)7-8-22-20(18)25/h1-2,4-5,9-10,24H,3,6-8H2,(H,22,25). The molecule has 1 aliphatic heterocycles. The molecule has 0 unspecified atom stereocenters. The second kappa shape index (κ2) is 5.28. The Balaban J connectivity index is 1.67. The highest BCUT2D eigenvalue weighted by Gasteiger charge is 2.29. The molecular formula is C20H16FN3O. The number of aromatic nitrogens is 2. The maximum Gasteiger partial charge on any atom is 0.253 e. The highest BCUT2D eigenvalue weighted by molar-refractivity contribution is 6.00. The van der Waals surface area contributed by atoms with E-state index in [4.69, 9.17) is 0 Å². The smallest absolute Gasteiger partial charge is 0.253 e. The first-order valence-electron chi connectivity index (χ1n) is 8.48. The van der Waals surface area contributed by atoms with Crippen LogP contribution in [-0.2, 0) is 19.3 Å². The van der Waals surface area contributed by atoms with Gasteiger partial charge in [-0.05, 0) is 54.3 Å². The largest absolute Gasteiger partial charge is 0.357 e. The Morgan fingerprint density at radius 2 is 1.92 bits per heavy atom. The van der Waals surface area contributed by atoms with Crippen molar-refractivity contribution in [3.63, 3.8) is 0 Å². The molecule has 0 saturated carbocycles. The molecule has 5 heteroatoms. The summed E-state index contributed by atoms with van der Waals surface area (Å²) in [5.41, 5.74) is 7.96. The minimum Gasteiger partial charge on any atom is -0.357 e. The van der Waals surface area contributed by atoms with Crippen molar-refractivity contribution in [3.8, 4) is 22.5 Å². The Labute approximate surface area is 144 Å². The number of fused-ring (bicyclic) bond motifs is 5. The Morgan fingerprint density at radius 1 is 1.08 bits per heavy atom. The summed E-state index contributed by atoms with van der Waals surface area (Å²) in [4.78, 5) is 20.3. The van der Waals surface area contributed by atoms with Gasteiger partial charge in [0.25, 0.3) is 5.91 Å². The average Bonchev–Trinajstić information content (AvgIpc) is 3.02. The van der Waals surface area contributed by atoms with E-state index in [1.807, 2.05) is 12.3 Å². The summed E-state index contributed by atoms with van der Waals surface area (Å²) in [5.74, 6) is -0.234. The van der Waals surface area contributed by atoms with Crippen LogP contribution < -0.4 is 5.32 Å². The van der Waals surface area contributed by atoms with Crippen LogP contribution in [0.2, 0.25) is 0 Å². The van der Waals surface area contributed by atoms with Crippen LogP contribution in [-0.4, -0.2) is 22.4 Å². The number of halogens is 1. The summed E-state index contributed by atoms with van der Waals surface area (Å²) in [6.45, 7) is 0.676. The minimum absolute atomic E-state index is 0.0232. The van der Waals surface area contributed by atoms with Gasteiger partial charge in [0.1, 0.15) is 5.82 Å². The molecule has 1 aliphatic carbocycles. The van der Waals surface area contributed by atoms with Crippen molar-refractivity contribution in [2.45, 2.75) is 19.3 Å². The Hall–Kier alpha value is -2.95. The van der Waals surface area contributed by atoms with E-state index in [9.17, 15) is 9.18 Å². The number of rotatable bonds is 1. The highest BCUT2D eigenvalue weighted by Crippen LogP contribution is 2.38. The van der Waals surface area contributed by atoms with E-state index in [1.54, 1.807) is 12.1 Å². The summed E-state index contributed by atoms with van der Waals surface area (Å²) in [7, 11) is 0. The van der Waals surface area contributed by atoms with E-state index >= 15 is 0 Å². The number of hydrogen-bond acceptors (Lipinski definition) is 2. The third kappa shape index (κ3) is 2.19. The predicted octanol–water partition coefficient (Wildman–Crippen LogP) is 3.27. The molecule has 0 bridgehead atoms. The summed E-state index contributed by atoms with van der Waals surface area (Å²) < 4.78 is 13.2.